The van der Waals surface area contributed by atoms with Gasteiger partial charge in [-0.2, -0.15) is 0 Å². The quantitative estimate of drug-likeness (QED) is 0.0137. The molecule has 23 heteroatoms. The highest BCUT2D eigenvalue weighted by atomic mass is 16.8. The Hall–Kier alpha value is -9.44. The number of azide groups is 2. The van der Waals surface area contributed by atoms with Crippen molar-refractivity contribution in [3.05, 3.63) is 236 Å². The number of esters is 6. The SMILES string of the molecule is [N-]=[N+]=NCCOC[C@H]1O[C@H](OCCN=[N+]=[N-])[C@@H](OC(=O)c2ccccc2)[C@@H](O[C@@H]2O[C@H](COC(=O)c3ccccc3)[C@@H](OC(=O)c3ccccc3)[C@H](OC(=O)c3ccccc3)[C@@H]2OC(=O)c2ccccc2)[C@@H]1OC(=O)c1ccccc1. The number of nitrogens with zero attached hydrogens (tertiary/aromatic N) is 6. The van der Waals surface area contributed by atoms with Gasteiger partial charge in [0.1, 0.15) is 24.9 Å². The first-order valence-corrected chi connectivity index (χ1v) is 25.3. The molecule has 0 N–H and O–H groups in total. The highest BCUT2D eigenvalue weighted by Gasteiger charge is 2.58. The Morgan fingerprint density at radius 3 is 1.11 bits per heavy atom. The number of hydrogen-bond donors (Lipinski definition) is 0. The molecule has 0 bridgehead atoms. The van der Waals surface area contributed by atoms with Gasteiger partial charge in [-0.05, 0) is 83.9 Å². The van der Waals surface area contributed by atoms with E-state index < -0.39 is 110 Å². The predicted molar refractivity (Wildman–Crippen MR) is 282 cm³/mol. The maximum atomic E-state index is 14.5. The summed E-state index contributed by atoms with van der Waals surface area (Å²) in [5.41, 5.74) is 18.4. The Labute approximate surface area is 462 Å². The molecule has 0 radical (unpaired) electrons. The number of hydrogen-bond acceptors (Lipinski definition) is 19. The second kappa shape index (κ2) is 29.5. The van der Waals surface area contributed by atoms with Gasteiger partial charge in [-0.25, -0.2) is 28.8 Å². The number of rotatable bonds is 24. The first-order chi connectivity index (χ1) is 39.6. The summed E-state index contributed by atoms with van der Waals surface area (Å²) in [6, 6.07) is 46.5. The van der Waals surface area contributed by atoms with Crippen molar-refractivity contribution in [2.24, 2.45) is 10.2 Å². The standard InChI is InChI=1S/C58H52N6O17/c59-63-61-31-33-71-35-43-45(76-52(66)38-21-9-2-10-22-38)48(49(57(74-43)72-34-32-62-64-60)79-55(69)41-27-15-5-16-28-41)81-58-50(80-56(70)42-29-17-6-18-30-42)47(78-54(68)40-25-13-4-14-26-40)46(77-53(67)39-23-11-3-12-24-39)44(75-58)36-73-51(65)37-19-7-1-8-20-37/h1-30,43-50,57-58H,31-36H2/t43-,44-,45-,46-,47+,48+,49+,50+,57+,58+/m1/s1. The van der Waals surface area contributed by atoms with Crippen LogP contribution in [0.1, 0.15) is 62.1 Å². The zero-order valence-corrected chi connectivity index (χ0v) is 43.0. The van der Waals surface area contributed by atoms with Crippen LogP contribution in [0.25, 0.3) is 20.9 Å². The average molecular weight is 1110 g/mol. The fourth-order valence-corrected chi connectivity index (χ4v) is 8.50. The molecule has 8 rings (SSSR count). The summed E-state index contributed by atoms with van der Waals surface area (Å²) in [6.07, 6.45) is -18.0. The van der Waals surface area contributed by atoms with E-state index in [1.54, 1.807) is 109 Å². The molecule has 0 unspecified atom stereocenters. The minimum absolute atomic E-state index is 0.00372. The molecule has 0 aliphatic carbocycles. The lowest BCUT2D eigenvalue weighted by Crippen LogP contribution is -2.67. The number of carbonyl (C=O) groups is 6. The molecule has 2 heterocycles. The molecule has 81 heavy (non-hydrogen) atoms. The predicted octanol–water partition coefficient (Wildman–Crippen LogP) is 8.46. The Bertz CT molecular complexity index is 3140. The number of ether oxygens (including phenoxy) is 11. The molecule has 2 saturated heterocycles. The van der Waals surface area contributed by atoms with E-state index in [4.69, 9.17) is 63.2 Å². The van der Waals surface area contributed by atoms with Gasteiger partial charge in [-0.15, -0.1) is 0 Å². The molecule has 0 spiro atoms. The minimum atomic E-state index is -2.08. The van der Waals surface area contributed by atoms with Crippen LogP contribution in [0.4, 0.5) is 0 Å². The van der Waals surface area contributed by atoms with E-state index in [0.717, 1.165) is 0 Å². The van der Waals surface area contributed by atoms with Gasteiger partial charge in [0.2, 0.25) is 0 Å². The summed E-state index contributed by atoms with van der Waals surface area (Å²) >= 11 is 0. The molecule has 10 atom stereocenters. The van der Waals surface area contributed by atoms with E-state index in [1.165, 1.54) is 72.8 Å². The maximum Gasteiger partial charge on any atom is 0.338 e. The third-order valence-corrected chi connectivity index (χ3v) is 12.3. The molecule has 0 amide bonds. The normalized spacial score (nSPS) is 22.0. The minimum Gasteiger partial charge on any atom is -0.459 e. The van der Waals surface area contributed by atoms with Crippen molar-refractivity contribution < 1.29 is 80.9 Å². The first kappa shape index (κ1) is 57.7. The smallest absolute Gasteiger partial charge is 0.338 e. The second-order valence-corrected chi connectivity index (χ2v) is 17.7. The molecule has 416 valence electrons. The van der Waals surface area contributed by atoms with Crippen molar-refractivity contribution in [2.45, 2.75) is 61.4 Å². The third kappa shape index (κ3) is 15.9. The Kier molecular flexibility index (Phi) is 21.0. The summed E-state index contributed by atoms with van der Waals surface area (Å²) < 4.78 is 69.5. The van der Waals surface area contributed by atoms with Crippen LogP contribution in [0.5, 0.6) is 0 Å². The fourth-order valence-electron chi connectivity index (χ4n) is 8.50. The van der Waals surface area contributed by atoms with Crippen LogP contribution in [0, 0.1) is 0 Å². The molecule has 23 nitrogen and oxygen atoms in total. The van der Waals surface area contributed by atoms with Crippen LogP contribution in [0.2, 0.25) is 0 Å². The van der Waals surface area contributed by atoms with Crippen molar-refractivity contribution >= 4 is 35.8 Å². The first-order valence-electron chi connectivity index (χ1n) is 25.3. The van der Waals surface area contributed by atoms with Crippen LogP contribution >= 0.6 is 0 Å². The van der Waals surface area contributed by atoms with E-state index in [0.29, 0.717) is 0 Å². The Morgan fingerprint density at radius 1 is 0.383 bits per heavy atom. The zero-order chi connectivity index (χ0) is 56.8. The lowest BCUT2D eigenvalue weighted by molar-refractivity contribution is -0.357. The van der Waals surface area contributed by atoms with Crippen molar-refractivity contribution in [1.29, 1.82) is 0 Å². The summed E-state index contributed by atoms with van der Waals surface area (Å²) in [5.74, 6) is -5.77. The molecule has 6 aromatic rings. The molecule has 2 aliphatic heterocycles. The maximum absolute atomic E-state index is 14.5. The highest BCUT2D eigenvalue weighted by Crippen LogP contribution is 2.37. The van der Waals surface area contributed by atoms with Gasteiger partial charge < -0.3 is 52.1 Å². The lowest BCUT2D eigenvalue weighted by Gasteiger charge is -2.49. The van der Waals surface area contributed by atoms with Crippen molar-refractivity contribution in [3.8, 4) is 0 Å². The van der Waals surface area contributed by atoms with Gasteiger partial charge in [0.15, 0.2) is 43.1 Å². The fraction of sp³-hybridized carbons (Fsp3) is 0.276. The summed E-state index contributed by atoms with van der Waals surface area (Å²) in [7, 11) is 0. The van der Waals surface area contributed by atoms with E-state index in [1.807, 2.05) is 0 Å². The van der Waals surface area contributed by atoms with Gasteiger partial charge >= 0.3 is 35.8 Å². The van der Waals surface area contributed by atoms with Crippen molar-refractivity contribution in [3.63, 3.8) is 0 Å². The van der Waals surface area contributed by atoms with Crippen LogP contribution < -0.4 is 0 Å². The zero-order valence-electron chi connectivity index (χ0n) is 43.0. The third-order valence-electron chi connectivity index (χ3n) is 12.3. The monoisotopic (exact) mass is 1100 g/mol. The van der Waals surface area contributed by atoms with E-state index in [9.17, 15) is 28.8 Å². The van der Waals surface area contributed by atoms with Crippen molar-refractivity contribution in [2.75, 3.05) is 39.5 Å². The topological polar surface area (TPSA) is 301 Å². The van der Waals surface area contributed by atoms with Gasteiger partial charge in [-0.1, -0.05) is 119 Å². The highest BCUT2D eigenvalue weighted by molar-refractivity contribution is 5.92. The molecule has 2 fully saturated rings. The largest absolute Gasteiger partial charge is 0.459 e. The van der Waals surface area contributed by atoms with Gasteiger partial charge in [-0.3, -0.25) is 0 Å². The molecule has 0 aromatic heterocycles. The average Bonchev–Trinajstić information content (AvgIpc) is 3.61. The Balaban J connectivity index is 1.31. The lowest BCUT2D eigenvalue weighted by atomic mass is 9.95. The van der Waals surface area contributed by atoms with Crippen LogP contribution in [0.15, 0.2) is 192 Å². The van der Waals surface area contributed by atoms with Gasteiger partial charge in [0, 0.05) is 22.9 Å². The van der Waals surface area contributed by atoms with Crippen LogP contribution in [-0.2, 0) is 52.1 Å². The van der Waals surface area contributed by atoms with Crippen LogP contribution in [-0.4, -0.2) is 137 Å². The van der Waals surface area contributed by atoms with Crippen LogP contribution in [0.3, 0.4) is 0 Å². The van der Waals surface area contributed by atoms with Crippen molar-refractivity contribution in [1.82, 2.24) is 0 Å². The summed E-state index contributed by atoms with van der Waals surface area (Å²) in [5, 5.41) is 7.07. The Morgan fingerprint density at radius 2 is 0.704 bits per heavy atom. The number of benzene rings is 6. The van der Waals surface area contributed by atoms with E-state index in [2.05, 4.69) is 20.1 Å². The second-order valence-electron chi connectivity index (χ2n) is 17.7. The van der Waals surface area contributed by atoms with Gasteiger partial charge in [0.05, 0.1) is 53.2 Å². The summed E-state index contributed by atoms with van der Waals surface area (Å²) in [4.78, 5) is 91.4. The van der Waals surface area contributed by atoms with Gasteiger partial charge in [0.25, 0.3) is 0 Å². The molecule has 0 saturated carbocycles. The molecule has 2 aliphatic rings. The van der Waals surface area contributed by atoms with E-state index in [-0.39, 0.29) is 59.7 Å². The molecular weight excluding hydrogens is 1050 g/mol. The molecule has 6 aromatic carbocycles. The molecular formula is C58H52N6O17. The summed E-state index contributed by atoms with van der Waals surface area (Å²) in [6.45, 7) is -2.12. The van der Waals surface area contributed by atoms with E-state index >= 15 is 0 Å². The number of carbonyl (C=O) groups excluding carboxylic acids is 6.